The maximum atomic E-state index is 5.88. The number of likely N-dealkylation sites (N-methyl/N-ethyl adjacent to an activating group) is 1. The maximum absolute atomic E-state index is 5.88. The van der Waals surface area contributed by atoms with Gasteiger partial charge in [-0.2, -0.15) is 0 Å². The number of nitrogens with zero attached hydrogens (tertiary/aromatic N) is 2. The molecule has 0 spiro atoms. The second-order valence-electron chi connectivity index (χ2n) is 3.91. The zero-order valence-electron chi connectivity index (χ0n) is 9.90. The van der Waals surface area contributed by atoms with E-state index in [0.717, 1.165) is 16.8 Å². The molecule has 0 aromatic carbocycles. The molecule has 0 saturated heterocycles. The number of hydrogen-bond acceptors (Lipinski definition) is 4. The van der Waals surface area contributed by atoms with E-state index in [4.69, 9.17) is 10.5 Å². The monoisotopic (exact) mass is 287 g/mol. The van der Waals surface area contributed by atoms with E-state index >= 15 is 0 Å². The fourth-order valence-corrected chi connectivity index (χ4v) is 1.65. The molecule has 0 fully saturated rings. The highest BCUT2D eigenvalue weighted by atomic mass is 79.9. The fourth-order valence-electron chi connectivity index (χ4n) is 1.30. The number of pyridine rings is 1. The van der Waals surface area contributed by atoms with Gasteiger partial charge in [-0.25, -0.2) is 4.98 Å². The Hall–Kier alpha value is -0.810. The molecule has 1 heterocycles. The van der Waals surface area contributed by atoms with Crippen molar-refractivity contribution in [1.82, 2.24) is 4.98 Å². The van der Waals surface area contributed by atoms with E-state index in [1.807, 2.05) is 31.9 Å². The number of ether oxygens (including phenoxy) is 1. The number of nitrogens with two attached hydrogens (primary N) is 1. The maximum Gasteiger partial charge on any atom is 0.151 e. The molecule has 0 amide bonds. The molecule has 0 radical (unpaired) electrons. The molecule has 0 unspecified atom stereocenters. The van der Waals surface area contributed by atoms with Gasteiger partial charge in [0.15, 0.2) is 5.82 Å². The average Bonchev–Trinajstić information content (AvgIpc) is 2.16. The highest BCUT2D eigenvalue weighted by Gasteiger charge is 2.07. The summed E-state index contributed by atoms with van der Waals surface area (Å²) < 4.78 is 6.37. The largest absolute Gasteiger partial charge is 0.396 e. The number of rotatable bonds is 5. The SMILES string of the molecule is CC(C)OCCN(C)c1ncc(Br)cc1N. The van der Waals surface area contributed by atoms with E-state index in [0.29, 0.717) is 12.3 Å². The van der Waals surface area contributed by atoms with Gasteiger partial charge in [-0.1, -0.05) is 0 Å². The molecule has 16 heavy (non-hydrogen) atoms. The minimum atomic E-state index is 0.253. The Bertz CT molecular complexity index is 344. The molecule has 1 aromatic heterocycles. The van der Waals surface area contributed by atoms with Crippen LogP contribution in [0, 0.1) is 0 Å². The molecule has 0 saturated carbocycles. The summed E-state index contributed by atoms with van der Waals surface area (Å²) in [5.74, 6) is 0.788. The van der Waals surface area contributed by atoms with Crippen molar-refractivity contribution in [2.75, 3.05) is 30.8 Å². The van der Waals surface area contributed by atoms with Crippen molar-refractivity contribution in [2.24, 2.45) is 0 Å². The topological polar surface area (TPSA) is 51.4 Å². The third-order valence-corrected chi connectivity index (χ3v) is 2.53. The Morgan fingerprint density at radius 3 is 2.81 bits per heavy atom. The van der Waals surface area contributed by atoms with Gasteiger partial charge >= 0.3 is 0 Å². The summed E-state index contributed by atoms with van der Waals surface area (Å²) in [4.78, 5) is 6.26. The normalized spacial score (nSPS) is 10.8. The summed E-state index contributed by atoms with van der Waals surface area (Å²) in [6.45, 7) is 5.49. The minimum absolute atomic E-state index is 0.253. The van der Waals surface area contributed by atoms with Gasteiger partial charge in [0.1, 0.15) is 0 Å². The molecular formula is C11H18BrN3O. The van der Waals surface area contributed by atoms with Gasteiger partial charge in [0, 0.05) is 24.3 Å². The second-order valence-corrected chi connectivity index (χ2v) is 4.82. The lowest BCUT2D eigenvalue weighted by Crippen LogP contribution is -2.25. The second kappa shape index (κ2) is 6.06. The average molecular weight is 288 g/mol. The molecule has 0 atom stereocenters. The first-order chi connectivity index (χ1) is 7.50. The molecular weight excluding hydrogens is 270 g/mol. The third-order valence-electron chi connectivity index (χ3n) is 2.10. The number of anilines is 2. The van der Waals surface area contributed by atoms with Gasteiger partial charge in [-0.15, -0.1) is 0 Å². The van der Waals surface area contributed by atoms with E-state index in [-0.39, 0.29) is 6.10 Å². The Labute approximate surface area is 105 Å². The van der Waals surface area contributed by atoms with Crippen LogP contribution in [0.4, 0.5) is 11.5 Å². The van der Waals surface area contributed by atoms with E-state index in [1.54, 1.807) is 6.20 Å². The highest BCUT2D eigenvalue weighted by Crippen LogP contribution is 2.22. The van der Waals surface area contributed by atoms with Crippen LogP contribution in [-0.2, 0) is 4.74 Å². The lowest BCUT2D eigenvalue weighted by atomic mass is 10.3. The van der Waals surface area contributed by atoms with Crippen LogP contribution >= 0.6 is 15.9 Å². The summed E-state index contributed by atoms with van der Waals surface area (Å²) in [6.07, 6.45) is 1.99. The summed E-state index contributed by atoms with van der Waals surface area (Å²) in [6, 6.07) is 1.85. The molecule has 0 aliphatic carbocycles. The van der Waals surface area contributed by atoms with Crippen molar-refractivity contribution in [3.63, 3.8) is 0 Å². The summed E-state index contributed by atoms with van der Waals surface area (Å²) in [7, 11) is 1.95. The van der Waals surface area contributed by atoms with Crippen LogP contribution in [0.2, 0.25) is 0 Å². The molecule has 5 heteroatoms. The van der Waals surface area contributed by atoms with Crippen molar-refractivity contribution in [3.8, 4) is 0 Å². The van der Waals surface area contributed by atoms with Gasteiger partial charge in [-0.05, 0) is 35.8 Å². The van der Waals surface area contributed by atoms with Crippen LogP contribution in [-0.4, -0.2) is 31.3 Å². The smallest absolute Gasteiger partial charge is 0.151 e. The molecule has 0 aliphatic heterocycles. The van der Waals surface area contributed by atoms with Gasteiger partial charge < -0.3 is 15.4 Å². The van der Waals surface area contributed by atoms with Crippen molar-refractivity contribution >= 4 is 27.4 Å². The van der Waals surface area contributed by atoms with Crippen molar-refractivity contribution in [1.29, 1.82) is 0 Å². The zero-order valence-corrected chi connectivity index (χ0v) is 11.5. The molecule has 0 aliphatic rings. The van der Waals surface area contributed by atoms with E-state index in [9.17, 15) is 0 Å². The van der Waals surface area contributed by atoms with Crippen LogP contribution < -0.4 is 10.6 Å². The molecule has 4 nitrogen and oxygen atoms in total. The Kier molecular flexibility index (Phi) is 5.02. The van der Waals surface area contributed by atoms with Gasteiger partial charge in [0.05, 0.1) is 18.4 Å². The van der Waals surface area contributed by atoms with E-state index < -0.39 is 0 Å². The first kappa shape index (κ1) is 13.3. The van der Waals surface area contributed by atoms with Crippen LogP contribution in [0.25, 0.3) is 0 Å². The van der Waals surface area contributed by atoms with E-state index in [2.05, 4.69) is 20.9 Å². The molecule has 1 aromatic rings. The lowest BCUT2D eigenvalue weighted by Gasteiger charge is -2.20. The minimum Gasteiger partial charge on any atom is -0.396 e. The Balaban J connectivity index is 2.55. The predicted molar refractivity (Wildman–Crippen MR) is 70.7 cm³/mol. The van der Waals surface area contributed by atoms with Crippen molar-refractivity contribution < 1.29 is 4.74 Å². The first-order valence-electron chi connectivity index (χ1n) is 5.24. The molecule has 2 N–H and O–H groups in total. The molecule has 90 valence electrons. The Morgan fingerprint density at radius 2 is 2.25 bits per heavy atom. The van der Waals surface area contributed by atoms with Crippen LogP contribution in [0.15, 0.2) is 16.7 Å². The predicted octanol–water partition coefficient (Wildman–Crippen LogP) is 2.29. The quantitative estimate of drug-likeness (QED) is 0.903. The number of aromatic nitrogens is 1. The molecule has 0 bridgehead atoms. The van der Waals surface area contributed by atoms with Gasteiger partial charge in [-0.3, -0.25) is 0 Å². The zero-order chi connectivity index (χ0) is 12.1. The van der Waals surface area contributed by atoms with Gasteiger partial charge in [0.25, 0.3) is 0 Å². The molecule has 1 rings (SSSR count). The Morgan fingerprint density at radius 1 is 1.56 bits per heavy atom. The lowest BCUT2D eigenvalue weighted by molar-refractivity contribution is 0.0845. The number of hydrogen-bond donors (Lipinski definition) is 1. The summed E-state index contributed by atoms with van der Waals surface area (Å²) >= 11 is 3.33. The van der Waals surface area contributed by atoms with Crippen molar-refractivity contribution in [2.45, 2.75) is 20.0 Å². The highest BCUT2D eigenvalue weighted by molar-refractivity contribution is 9.10. The summed E-state index contributed by atoms with van der Waals surface area (Å²) in [5.41, 5.74) is 6.55. The van der Waals surface area contributed by atoms with Crippen LogP contribution in [0.3, 0.4) is 0 Å². The standard InChI is InChI=1S/C11H18BrN3O/c1-8(2)16-5-4-15(3)11-10(13)6-9(12)7-14-11/h6-8H,4-5,13H2,1-3H3. The number of halogens is 1. The van der Waals surface area contributed by atoms with Crippen LogP contribution in [0.5, 0.6) is 0 Å². The summed E-state index contributed by atoms with van der Waals surface area (Å²) in [5, 5.41) is 0. The van der Waals surface area contributed by atoms with Crippen molar-refractivity contribution in [3.05, 3.63) is 16.7 Å². The van der Waals surface area contributed by atoms with Gasteiger partial charge in [0.2, 0.25) is 0 Å². The van der Waals surface area contributed by atoms with Crippen LogP contribution in [0.1, 0.15) is 13.8 Å². The first-order valence-corrected chi connectivity index (χ1v) is 6.03. The third kappa shape index (κ3) is 3.98. The number of nitrogen functional groups attached to an aromatic ring is 1. The van der Waals surface area contributed by atoms with E-state index in [1.165, 1.54) is 0 Å². The fraction of sp³-hybridized carbons (Fsp3) is 0.545.